The molecule has 7 N–H and O–H groups in total. The SMILES string of the molecule is N[C@@H](CCCC=Nc1c(Br)c(O)c2c(c1O)c1c3ccccc3c2c2c(O)ccc(O)c21)C(=O)O. The van der Waals surface area contributed by atoms with Crippen LogP contribution in [0.4, 0.5) is 5.69 Å². The smallest absolute Gasteiger partial charge is 0.320 e. The Balaban J connectivity index is 1.78. The number of nitrogens with two attached hydrogens (primary N) is 1. The van der Waals surface area contributed by atoms with Crippen molar-refractivity contribution in [1.82, 2.24) is 0 Å². The van der Waals surface area contributed by atoms with Gasteiger partial charge in [0, 0.05) is 38.5 Å². The minimum Gasteiger partial charge on any atom is -0.507 e. The zero-order chi connectivity index (χ0) is 25.0. The molecule has 0 amide bonds. The molecule has 0 saturated carbocycles. The highest BCUT2D eigenvalue weighted by Gasteiger charge is 2.28. The van der Waals surface area contributed by atoms with Gasteiger partial charge in [-0.3, -0.25) is 9.79 Å². The van der Waals surface area contributed by atoms with Gasteiger partial charge in [0.2, 0.25) is 0 Å². The Morgan fingerprint density at radius 2 is 1.43 bits per heavy atom. The highest BCUT2D eigenvalue weighted by molar-refractivity contribution is 9.10. The molecule has 2 bridgehead atoms. The van der Waals surface area contributed by atoms with Gasteiger partial charge in [-0.25, -0.2) is 0 Å². The molecule has 6 rings (SSSR count). The molecular weight excluding hydrogens is 516 g/mol. The van der Waals surface area contributed by atoms with E-state index >= 15 is 0 Å². The summed E-state index contributed by atoms with van der Waals surface area (Å²) in [6.07, 6.45) is 2.70. The molecule has 0 aromatic heterocycles. The largest absolute Gasteiger partial charge is 0.507 e. The van der Waals surface area contributed by atoms with E-state index in [9.17, 15) is 25.2 Å². The summed E-state index contributed by atoms with van der Waals surface area (Å²) < 4.78 is 0.173. The lowest BCUT2D eigenvalue weighted by atomic mass is 9.84. The molecule has 1 atom stereocenters. The lowest BCUT2D eigenvalue weighted by Crippen LogP contribution is -2.29. The molecule has 0 fully saturated rings. The summed E-state index contributed by atoms with van der Waals surface area (Å²) in [6, 6.07) is 9.22. The average molecular weight is 537 g/mol. The molecule has 8 nitrogen and oxygen atoms in total. The number of hydrogen-bond donors (Lipinski definition) is 6. The van der Waals surface area contributed by atoms with Crippen molar-refractivity contribution in [3.63, 3.8) is 0 Å². The first-order chi connectivity index (χ1) is 16.7. The molecule has 9 heteroatoms. The molecule has 0 heterocycles. The highest BCUT2D eigenvalue weighted by atomic mass is 79.9. The van der Waals surface area contributed by atoms with Gasteiger partial charge < -0.3 is 31.3 Å². The molecule has 0 unspecified atom stereocenters. The van der Waals surface area contributed by atoms with E-state index in [2.05, 4.69) is 20.9 Å². The van der Waals surface area contributed by atoms with E-state index in [1.54, 1.807) is 0 Å². The fourth-order valence-electron chi connectivity index (χ4n) is 4.79. The van der Waals surface area contributed by atoms with Crippen LogP contribution in [0.15, 0.2) is 45.9 Å². The Morgan fingerprint density at radius 1 is 0.886 bits per heavy atom. The lowest BCUT2D eigenvalue weighted by Gasteiger charge is -2.21. The van der Waals surface area contributed by atoms with Crippen molar-refractivity contribution >= 4 is 76.9 Å². The summed E-state index contributed by atoms with van der Waals surface area (Å²) in [4.78, 5) is 15.2. The van der Waals surface area contributed by atoms with Crippen LogP contribution in [-0.4, -0.2) is 43.8 Å². The maximum absolute atomic E-state index is 11.4. The molecule has 0 radical (unpaired) electrons. The summed E-state index contributed by atoms with van der Waals surface area (Å²) in [7, 11) is 0. The van der Waals surface area contributed by atoms with Gasteiger partial charge in [-0.15, -0.1) is 0 Å². The minimum atomic E-state index is -1.07. The van der Waals surface area contributed by atoms with Crippen LogP contribution in [0.2, 0.25) is 0 Å². The summed E-state index contributed by atoms with van der Waals surface area (Å²) in [5, 5.41) is 56.8. The summed E-state index contributed by atoms with van der Waals surface area (Å²) in [5.74, 6) is -1.54. The molecule has 6 aromatic carbocycles. The normalized spacial score (nSPS) is 13.1. The van der Waals surface area contributed by atoms with Crippen molar-refractivity contribution in [2.45, 2.75) is 25.3 Å². The van der Waals surface area contributed by atoms with Gasteiger partial charge in [0.1, 0.15) is 29.0 Å². The number of benzene rings is 6. The van der Waals surface area contributed by atoms with Crippen LogP contribution in [0, 0.1) is 0 Å². The van der Waals surface area contributed by atoms with Crippen LogP contribution in [0.5, 0.6) is 23.0 Å². The van der Waals surface area contributed by atoms with Crippen molar-refractivity contribution in [1.29, 1.82) is 0 Å². The van der Waals surface area contributed by atoms with Gasteiger partial charge in [-0.05, 0) is 58.1 Å². The van der Waals surface area contributed by atoms with Crippen LogP contribution in [-0.2, 0) is 4.79 Å². The second-order valence-electron chi connectivity index (χ2n) is 8.45. The number of aliphatic carboxylic acids is 1. The number of phenolic OH excluding ortho intramolecular Hbond substituents is 4. The summed E-state index contributed by atoms with van der Waals surface area (Å²) in [5.41, 5.74) is 5.62. The van der Waals surface area contributed by atoms with Crippen LogP contribution < -0.4 is 5.73 Å². The lowest BCUT2D eigenvalue weighted by molar-refractivity contribution is -0.138. The van der Waals surface area contributed by atoms with Crippen molar-refractivity contribution in [2.24, 2.45) is 10.7 Å². The topological polar surface area (TPSA) is 157 Å². The standard InChI is InChI=1S/C26H21BrN2O6/c27-22-23(29-10-4-3-7-13(28)26(34)35)25(33)21-17-12-6-2-1-5-11(12)16(20(21)24(22)32)18-14(30)8-9-15(31)19(17)18/h1-2,5-6,8-10,13,30-33H,3-4,7,28H2,(H,34,35)/t13-/m0/s1. The third-order valence-electron chi connectivity index (χ3n) is 6.38. The van der Waals surface area contributed by atoms with Gasteiger partial charge in [0.15, 0.2) is 5.75 Å². The Hall–Kier alpha value is -3.82. The Bertz CT molecular complexity index is 1680. The average Bonchev–Trinajstić information content (AvgIpc) is 2.85. The van der Waals surface area contributed by atoms with E-state index in [0.29, 0.717) is 45.2 Å². The predicted molar refractivity (Wildman–Crippen MR) is 140 cm³/mol. The van der Waals surface area contributed by atoms with E-state index in [4.69, 9.17) is 10.8 Å². The predicted octanol–water partition coefficient (Wildman–Crippen LogP) is 5.61. The molecule has 0 spiro atoms. The molecular formula is C26H21BrN2O6. The Labute approximate surface area is 207 Å². The summed E-state index contributed by atoms with van der Waals surface area (Å²) >= 11 is 3.35. The van der Waals surface area contributed by atoms with E-state index in [1.807, 2.05) is 24.3 Å². The van der Waals surface area contributed by atoms with Gasteiger partial charge in [0.25, 0.3) is 0 Å². The van der Waals surface area contributed by atoms with Crippen LogP contribution in [0.3, 0.4) is 0 Å². The van der Waals surface area contributed by atoms with Crippen molar-refractivity contribution in [3.8, 4) is 23.0 Å². The first-order valence-electron chi connectivity index (χ1n) is 10.9. The molecule has 0 aliphatic carbocycles. The fourth-order valence-corrected chi connectivity index (χ4v) is 5.28. The highest BCUT2D eigenvalue weighted by Crippen LogP contribution is 2.58. The van der Waals surface area contributed by atoms with Crippen molar-refractivity contribution < 1.29 is 30.3 Å². The number of aromatic hydroxyl groups is 4. The number of rotatable bonds is 6. The van der Waals surface area contributed by atoms with Crippen LogP contribution in [0.25, 0.3) is 43.1 Å². The molecule has 0 saturated heterocycles. The fraction of sp³-hybridized carbons (Fsp3) is 0.154. The number of phenols is 4. The maximum Gasteiger partial charge on any atom is 0.320 e. The van der Waals surface area contributed by atoms with E-state index in [0.717, 1.165) is 10.8 Å². The number of carbonyl (C=O) groups is 1. The first kappa shape index (κ1) is 22.9. The number of carboxylic acid groups (broad SMARTS) is 1. The van der Waals surface area contributed by atoms with Crippen molar-refractivity contribution in [2.75, 3.05) is 0 Å². The van der Waals surface area contributed by atoms with Gasteiger partial charge in [-0.1, -0.05) is 24.3 Å². The molecule has 35 heavy (non-hydrogen) atoms. The number of unbranched alkanes of at least 4 members (excludes halogenated alkanes) is 1. The number of aliphatic imine (C=N–C) groups is 1. The number of carboxylic acids is 1. The van der Waals surface area contributed by atoms with E-state index in [1.165, 1.54) is 18.3 Å². The van der Waals surface area contributed by atoms with Gasteiger partial charge in [-0.2, -0.15) is 0 Å². The molecule has 178 valence electrons. The second kappa shape index (κ2) is 8.44. The van der Waals surface area contributed by atoms with Crippen molar-refractivity contribution in [3.05, 3.63) is 40.9 Å². The van der Waals surface area contributed by atoms with Crippen LogP contribution >= 0.6 is 15.9 Å². The Kier molecular flexibility index (Phi) is 5.53. The Morgan fingerprint density at radius 3 is 1.97 bits per heavy atom. The monoisotopic (exact) mass is 536 g/mol. The zero-order valence-corrected chi connectivity index (χ0v) is 19.9. The maximum atomic E-state index is 11.4. The number of nitrogens with zero attached hydrogens (tertiary/aromatic N) is 1. The first-order valence-corrected chi connectivity index (χ1v) is 11.7. The molecule has 0 aliphatic heterocycles. The van der Waals surface area contributed by atoms with E-state index in [-0.39, 0.29) is 39.6 Å². The quantitative estimate of drug-likeness (QED) is 0.0712. The number of halogens is 1. The molecule has 0 aliphatic rings. The second-order valence-corrected chi connectivity index (χ2v) is 9.24. The molecule has 6 aromatic rings. The van der Waals surface area contributed by atoms with Crippen LogP contribution in [0.1, 0.15) is 19.3 Å². The zero-order valence-electron chi connectivity index (χ0n) is 18.3. The number of hydrogen-bond acceptors (Lipinski definition) is 7. The van der Waals surface area contributed by atoms with E-state index < -0.39 is 12.0 Å². The van der Waals surface area contributed by atoms with Gasteiger partial charge >= 0.3 is 5.97 Å². The third kappa shape index (κ3) is 3.38. The summed E-state index contributed by atoms with van der Waals surface area (Å²) in [6.45, 7) is 0. The third-order valence-corrected chi connectivity index (χ3v) is 7.13. The van der Waals surface area contributed by atoms with Gasteiger partial charge in [0.05, 0.1) is 4.47 Å². The minimum absolute atomic E-state index is 0.0536.